The molecule has 1 amide bonds. The fourth-order valence-electron chi connectivity index (χ4n) is 2.08. The highest BCUT2D eigenvalue weighted by Crippen LogP contribution is 2.29. The number of ether oxygens (including phenoxy) is 2. The number of rotatable bonds is 6. The molecule has 3 aromatic heterocycles. The van der Waals surface area contributed by atoms with Gasteiger partial charge >= 0.3 is 0 Å². The van der Waals surface area contributed by atoms with Gasteiger partial charge < -0.3 is 24.9 Å². The van der Waals surface area contributed by atoms with E-state index in [1.165, 1.54) is 6.20 Å². The minimum absolute atomic E-state index is 0.0479. The maximum Gasteiger partial charge on any atom is 0.294 e. The lowest BCUT2D eigenvalue weighted by Gasteiger charge is -2.03. The quantitative estimate of drug-likeness (QED) is 0.648. The summed E-state index contributed by atoms with van der Waals surface area (Å²) in [5.41, 5.74) is 6.86. The Labute approximate surface area is 147 Å². The van der Waals surface area contributed by atoms with Gasteiger partial charge in [-0.3, -0.25) is 4.79 Å². The molecule has 9 heteroatoms. The zero-order chi connectivity index (χ0) is 17.8. The Morgan fingerprint density at radius 2 is 2.16 bits per heavy atom. The number of hydrogen-bond acceptors (Lipinski definition) is 7. The van der Waals surface area contributed by atoms with Crippen molar-refractivity contribution < 1.29 is 18.7 Å². The highest BCUT2D eigenvalue weighted by atomic mass is 35.5. The lowest BCUT2D eigenvalue weighted by molar-refractivity contribution is 0.0999. The summed E-state index contributed by atoms with van der Waals surface area (Å²) < 4.78 is 15.8. The fraction of sp³-hybridized carbons (Fsp3) is 0.188. The van der Waals surface area contributed by atoms with Crippen LogP contribution >= 0.6 is 11.6 Å². The molecule has 0 aliphatic rings. The van der Waals surface area contributed by atoms with Crippen LogP contribution < -0.4 is 15.8 Å². The van der Waals surface area contributed by atoms with Gasteiger partial charge in [-0.2, -0.15) is 0 Å². The molecule has 3 rings (SSSR count). The summed E-state index contributed by atoms with van der Waals surface area (Å²) in [4.78, 5) is 20.6. The number of furan rings is 1. The van der Waals surface area contributed by atoms with Crippen LogP contribution in [0.3, 0.4) is 0 Å². The van der Waals surface area contributed by atoms with Crippen molar-refractivity contribution >= 4 is 40.1 Å². The molecule has 0 fully saturated rings. The first kappa shape index (κ1) is 17.0. The van der Waals surface area contributed by atoms with E-state index in [4.69, 9.17) is 31.2 Å². The lowest BCUT2D eigenvalue weighted by atomic mass is 10.3. The maximum absolute atomic E-state index is 12.4. The molecule has 3 N–H and O–H groups in total. The number of methoxy groups -OCH3 is 1. The SMILES string of the molecule is COCCOc1ccc2oc(C(=O)Nc3ccc(Cl)cn3)c(N)c2n1. The molecule has 25 heavy (non-hydrogen) atoms. The molecule has 0 spiro atoms. The third-order valence-corrected chi connectivity index (χ3v) is 3.48. The van der Waals surface area contributed by atoms with Gasteiger partial charge in [0.05, 0.1) is 11.6 Å². The van der Waals surface area contributed by atoms with Crippen molar-refractivity contribution in [2.75, 3.05) is 31.4 Å². The number of nitrogens with two attached hydrogens (primary N) is 1. The van der Waals surface area contributed by atoms with Gasteiger partial charge in [-0.25, -0.2) is 9.97 Å². The second-order valence-corrected chi connectivity index (χ2v) is 5.43. The molecular formula is C16H15ClN4O4. The average molecular weight is 363 g/mol. The molecule has 0 unspecified atom stereocenters. The molecule has 0 radical (unpaired) electrons. The number of aromatic nitrogens is 2. The standard InChI is InChI=1S/C16H15ClN4O4/c1-23-6-7-24-12-5-3-10-14(21-12)13(18)15(25-10)16(22)20-11-4-2-9(17)8-19-11/h2-5,8H,6-7,18H2,1H3,(H,19,20,22). The van der Waals surface area contributed by atoms with Gasteiger partial charge in [0.1, 0.15) is 23.6 Å². The van der Waals surface area contributed by atoms with Gasteiger partial charge in [0.15, 0.2) is 5.58 Å². The second-order valence-electron chi connectivity index (χ2n) is 5.00. The minimum Gasteiger partial charge on any atom is -0.475 e. The van der Waals surface area contributed by atoms with Crippen LogP contribution in [0.25, 0.3) is 11.1 Å². The number of carbonyl (C=O) groups is 1. The monoisotopic (exact) mass is 362 g/mol. The normalized spacial score (nSPS) is 10.8. The second kappa shape index (κ2) is 7.37. The van der Waals surface area contributed by atoms with Crippen LogP contribution in [0.1, 0.15) is 10.6 Å². The smallest absolute Gasteiger partial charge is 0.294 e. The largest absolute Gasteiger partial charge is 0.475 e. The van der Waals surface area contributed by atoms with E-state index in [0.29, 0.717) is 41.0 Å². The summed E-state index contributed by atoms with van der Waals surface area (Å²) in [6.45, 7) is 0.782. The van der Waals surface area contributed by atoms with Crippen LogP contribution in [-0.4, -0.2) is 36.2 Å². The molecule has 0 atom stereocenters. The van der Waals surface area contributed by atoms with Gasteiger partial charge in [-0.05, 0) is 18.2 Å². The third kappa shape index (κ3) is 3.81. The maximum atomic E-state index is 12.4. The number of nitrogens with one attached hydrogen (secondary N) is 1. The zero-order valence-corrected chi connectivity index (χ0v) is 14.0. The molecule has 0 saturated heterocycles. The minimum atomic E-state index is -0.535. The predicted molar refractivity (Wildman–Crippen MR) is 93.0 cm³/mol. The summed E-state index contributed by atoms with van der Waals surface area (Å²) in [5.74, 6) is 0.106. The van der Waals surface area contributed by atoms with Crippen LogP contribution in [0, 0.1) is 0 Å². The molecule has 8 nitrogen and oxygen atoms in total. The van der Waals surface area contributed by atoms with Crippen molar-refractivity contribution in [3.8, 4) is 5.88 Å². The van der Waals surface area contributed by atoms with Crippen LogP contribution in [0.5, 0.6) is 5.88 Å². The van der Waals surface area contributed by atoms with E-state index in [9.17, 15) is 4.79 Å². The Kier molecular flexibility index (Phi) is 5.01. The third-order valence-electron chi connectivity index (χ3n) is 3.26. The number of nitrogens with zero attached hydrogens (tertiary/aromatic N) is 2. The Morgan fingerprint density at radius 3 is 2.88 bits per heavy atom. The van der Waals surface area contributed by atoms with E-state index in [1.807, 2.05) is 0 Å². The van der Waals surface area contributed by atoms with E-state index in [-0.39, 0.29) is 11.4 Å². The Morgan fingerprint density at radius 1 is 1.32 bits per heavy atom. The number of pyridine rings is 2. The van der Waals surface area contributed by atoms with Gasteiger partial charge in [0, 0.05) is 19.4 Å². The van der Waals surface area contributed by atoms with Crippen molar-refractivity contribution in [1.29, 1.82) is 0 Å². The van der Waals surface area contributed by atoms with Crippen molar-refractivity contribution in [3.05, 3.63) is 41.2 Å². The molecule has 0 bridgehead atoms. The predicted octanol–water partition coefficient (Wildman–Crippen LogP) is 2.74. The number of halogens is 1. The molecular weight excluding hydrogens is 348 g/mol. The Bertz CT molecular complexity index is 895. The van der Waals surface area contributed by atoms with E-state index in [1.54, 1.807) is 31.4 Å². The number of nitrogen functional groups attached to an aromatic ring is 1. The lowest BCUT2D eigenvalue weighted by Crippen LogP contribution is -2.13. The summed E-state index contributed by atoms with van der Waals surface area (Å²) in [5, 5.41) is 3.05. The van der Waals surface area contributed by atoms with Crippen LogP contribution in [-0.2, 0) is 4.74 Å². The van der Waals surface area contributed by atoms with Gasteiger partial charge in [-0.15, -0.1) is 0 Å². The van der Waals surface area contributed by atoms with Gasteiger partial charge in [0.2, 0.25) is 11.6 Å². The highest BCUT2D eigenvalue weighted by Gasteiger charge is 2.20. The molecule has 0 saturated carbocycles. The first-order valence-electron chi connectivity index (χ1n) is 7.32. The Hall–Kier alpha value is -2.84. The van der Waals surface area contributed by atoms with E-state index < -0.39 is 5.91 Å². The van der Waals surface area contributed by atoms with Gasteiger partial charge in [0.25, 0.3) is 5.91 Å². The van der Waals surface area contributed by atoms with Crippen LogP contribution in [0.15, 0.2) is 34.9 Å². The van der Waals surface area contributed by atoms with Crippen molar-refractivity contribution in [1.82, 2.24) is 9.97 Å². The number of amides is 1. The number of hydrogen-bond donors (Lipinski definition) is 2. The molecule has 0 aliphatic carbocycles. The average Bonchev–Trinajstić information content (AvgIpc) is 2.94. The van der Waals surface area contributed by atoms with Crippen molar-refractivity contribution in [2.45, 2.75) is 0 Å². The van der Waals surface area contributed by atoms with Crippen LogP contribution in [0.2, 0.25) is 5.02 Å². The zero-order valence-electron chi connectivity index (χ0n) is 13.3. The molecule has 130 valence electrons. The number of carbonyl (C=O) groups excluding carboxylic acids is 1. The van der Waals surface area contributed by atoms with Crippen LogP contribution in [0.4, 0.5) is 11.5 Å². The van der Waals surface area contributed by atoms with Crippen molar-refractivity contribution in [2.24, 2.45) is 0 Å². The molecule has 3 heterocycles. The molecule has 3 aromatic rings. The van der Waals surface area contributed by atoms with Crippen molar-refractivity contribution in [3.63, 3.8) is 0 Å². The first-order chi connectivity index (χ1) is 12.1. The first-order valence-corrected chi connectivity index (χ1v) is 7.70. The van der Waals surface area contributed by atoms with E-state index in [2.05, 4.69) is 15.3 Å². The number of anilines is 2. The summed E-state index contributed by atoms with van der Waals surface area (Å²) in [6.07, 6.45) is 1.42. The Balaban J connectivity index is 1.82. The summed E-state index contributed by atoms with van der Waals surface area (Å²) in [7, 11) is 1.58. The highest BCUT2D eigenvalue weighted by molar-refractivity contribution is 6.30. The summed E-state index contributed by atoms with van der Waals surface area (Å²) >= 11 is 5.76. The molecule has 0 aromatic carbocycles. The summed E-state index contributed by atoms with van der Waals surface area (Å²) in [6, 6.07) is 6.44. The fourth-order valence-corrected chi connectivity index (χ4v) is 2.19. The van der Waals surface area contributed by atoms with E-state index >= 15 is 0 Å². The van der Waals surface area contributed by atoms with Gasteiger partial charge in [-0.1, -0.05) is 11.6 Å². The topological polar surface area (TPSA) is 112 Å². The number of fused-ring (bicyclic) bond motifs is 1. The molecule has 0 aliphatic heterocycles. The van der Waals surface area contributed by atoms with E-state index in [0.717, 1.165) is 0 Å².